The second-order valence-corrected chi connectivity index (χ2v) is 7.04. The van der Waals surface area contributed by atoms with Gasteiger partial charge in [-0.3, -0.25) is 0 Å². The van der Waals surface area contributed by atoms with Gasteiger partial charge in [0.15, 0.2) is 12.1 Å². The van der Waals surface area contributed by atoms with Crippen molar-refractivity contribution < 1.29 is 39.1 Å². The topological polar surface area (TPSA) is 127 Å². The number of hydrogen-bond acceptors (Lipinski definition) is 8. The Labute approximate surface area is 156 Å². The van der Waals surface area contributed by atoms with Gasteiger partial charge < -0.3 is 39.6 Å². The van der Waals surface area contributed by atoms with E-state index in [9.17, 15) is 20.1 Å². The molecule has 0 aliphatic carbocycles. The van der Waals surface area contributed by atoms with E-state index in [1.54, 1.807) is 26.0 Å². The van der Waals surface area contributed by atoms with E-state index in [0.717, 1.165) is 5.56 Å². The van der Waals surface area contributed by atoms with E-state index in [0.29, 0.717) is 0 Å². The molecular formula is C18H25NO8. The smallest absolute Gasteiger partial charge is 0.407 e. The van der Waals surface area contributed by atoms with Crippen molar-refractivity contribution in [1.29, 1.82) is 0 Å². The molecule has 1 aromatic carbocycles. The molecule has 3 rings (SSSR count). The molecule has 0 spiro atoms. The maximum absolute atomic E-state index is 12.1. The van der Waals surface area contributed by atoms with Crippen LogP contribution in [0.15, 0.2) is 30.3 Å². The van der Waals surface area contributed by atoms with Crippen molar-refractivity contribution in [3.05, 3.63) is 35.9 Å². The van der Waals surface area contributed by atoms with Crippen LogP contribution in [0.5, 0.6) is 0 Å². The number of alkyl carbamates (subject to hydrolysis) is 1. The molecule has 0 bridgehead atoms. The minimum Gasteiger partial charge on any atom is -0.445 e. The minimum absolute atomic E-state index is 0.0361. The van der Waals surface area contributed by atoms with E-state index in [1.807, 2.05) is 18.2 Å². The second kappa shape index (κ2) is 8.09. The van der Waals surface area contributed by atoms with Gasteiger partial charge in [0.25, 0.3) is 0 Å². The minimum atomic E-state index is -1.37. The van der Waals surface area contributed by atoms with Crippen molar-refractivity contribution in [3.63, 3.8) is 0 Å². The highest BCUT2D eigenvalue weighted by molar-refractivity contribution is 5.67. The van der Waals surface area contributed by atoms with E-state index in [2.05, 4.69) is 5.32 Å². The SMILES string of the molecule is CC1(C)O[C@H]2O[C@H]([C@@H](NC(=O)OCc3ccccc3)[C@@H](O)CO)[C@H](O)[C@H]2O1. The van der Waals surface area contributed by atoms with Crippen LogP contribution in [-0.4, -0.2) is 70.6 Å². The monoisotopic (exact) mass is 383 g/mol. The number of nitrogens with one attached hydrogen (secondary N) is 1. The highest BCUT2D eigenvalue weighted by atomic mass is 16.8. The maximum atomic E-state index is 12.1. The predicted octanol–water partition coefficient (Wildman–Crippen LogP) is -0.128. The van der Waals surface area contributed by atoms with Crippen LogP contribution in [-0.2, 0) is 25.6 Å². The van der Waals surface area contributed by atoms with Gasteiger partial charge in [-0.05, 0) is 19.4 Å². The number of rotatable bonds is 6. The number of ether oxygens (including phenoxy) is 4. The highest BCUT2D eigenvalue weighted by Gasteiger charge is 2.57. The van der Waals surface area contributed by atoms with Crippen LogP contribution in [0.4, 0.5) is 4.79 Å². The van der Waals surface area contributed by atoms with Crippen molar-refractivity contribution in [3.8, 4) is 0 Å². The van der Waals surface area contributed by atoms with Crippen LogP contribution in [0.2, 0.25) is 0 Å². The molecular weight excluding hydrogens is 358 g/mol. The Morgan fingerprint density at radius 2 is 2.00 bits per heavy atom. The summed E-state index contributed by atoms with van der Waals surface area (Å²) in [6, 6.07) is 7.96. The number of hydrogen-bond donors (Lipinski definition) is 4. The molecule has 9 nitrogen and oxygen atoms in total. The number of aliphatic hydroxyl groups excluding tert-OH is 3. The predicted molar refractivity (Wildman–Crippen MR) is 91.3 cm³/mol. The average Bonchev–Trinajstić information content (AvgIpc) is 3.10. The lowest BCUT2D eigenvalue weighted by Crippen LogP contribution is -2.56. The lowest BCUT2D eigenvalue weighted by molar-refractivity contribution is -0.221. The van der Waals surface area contributed by atoms with Crippen LogP contribution >= 0.6 is 0 Å². The first-order valence-corrected chi connectivity index (χ1v) is 8.76. The summed E-state index contributed by atoms with van der Waals surface area (Å²) >= 11 is 0. The molecule has 6 atom stereocenters. The first kappa shape index (κ1) is 20.0. The lowest BCUT2D eigenvalue weighted by atomic mass is 9.99. The van der Waals surface area contributed by atoms with Gasteiger partial charge in [0.2, 0.25) is 0 Å². The number of carbonyl (C=O) groups excluding carboxylic acids is 1. The molecule has 9 heteroatoms. The number of benzene rings is 1. The largest absolute Gasteiger partial charge is 0.445 e. The molecule has 0 radical (unpaired) electrons. The van der Waals surface area contributed by atoms with Crippen LogP contribution in [0, 0.1) is 0 Å². The zero-order valence-electron chi connectivity index (χ0n) is 15.1. The van der Waals surface area contributed by atoms with E-state index >= 15 is 0 Å². The van der Waals surface area contributed by atoms with Crippen molar-refractivity contribution in [1.82, 2.24) is 5.32 Å². The third kappa shape index (κ3) is 4.57. The first-order valence-electron chi connectivity index (χ1n) is 8.76. The summed E-state index contributed by atoms with van der Waals surface area (Å²) in [5.74, 6) is -0.908. The van der Waals surface area contributed by atoms with Gasteiger partial charge in [-0.2, -0.15) is 0 Å². The molecule has 0 unspecified atom stereocenters. The molecule has 2 heterocycles. The van der Waals surface area contributed by atoms with Crippen molar-refractivity contribution in [2.75, 3.05) is 6.61 Å². The summed E-state index contributed by atoms with van der Waals surface area (Å²) in [6.45, 7) is 2.78. The average molecular weight is 383 g/mol. The van der Waals surface area contributed by atoms with E-state index in [-0.39, 0.29) is 6.61 Å². The molecule has 0 aromatic heterocycles. The molecule has 2 aliphatic rings. The van der Waals surface area contributed by atoms with Crippen molar-refractivity contribution >= 4 is 6.09 Å². The normalized spacial score (nSPS) is 31.1. The van der Waals surface area contributed by atoms with Crippen LogP contribution in [0.3, 0.4) is 0 Å². The summed E-state index contributed by atoms with van der Waals surface area (Å²) in [5.41, 5.74) is 0.794. The Bertz CT molecular complexity index is 640. The number of carbonyl (C=O) groups is 1. The molecule has 2 aliphatic heterocycles. The summed E-state index contributed by atoms with van der Waals surface area (Å²) in [6.07, 6.45) is -6.00. The molecule has 0 saturated carbocycles. The molecule has 27 heavy (non-hydrogen) atoms. The Morgan fingerprint density at radius 1 is 1.30 bits per heavy atom. The highest BCUT2D eigenvalue weighted by Crippen LogP contribution is 2.38. The summed E-state index contributed by atoms with van der Waals surface area (Å²) < 4.78 is 21.9. The summed E-state index contributed by atoms with van der Waals surface area (Å²) in [7, 11) is 0. The lowest BCUT2D eigenvalue weighted by Gasteiger charge is -2.31. The molecule has 1 amide bonds. The van der Waals surface area contributed by atoms with Gasteiger partial charge in [-0.1, -0.05) is 30.3 Å². The molecule has 2 fully saturated rings. The van der Waals surface area contributed by atoms with Gasteiger partial charge in [0.05, 0.1) is 18.8 Å². The summed E-state index contributed by atoms with van der Waals surface area (Å²) in [4.78, 5) is 12.1. The number of amides is 1. The Morgan fingerprint density at radius 3 is 2.63 bits per heavy atom. The van der Waals surface area contributed by atoms with E-state index < -0.39 is 55.2 Å². The van der Waals surface area contributed by atoms with Gasteiger partial charge in [0, 0.05) is 0 Å². The molecule has 2 saturated heterocycles. The first-order chi connectivity index (χ1) is 12.8. The standard InChI is InChI=1S/C18H25NO8/c1-18(2)26-15-13(22)14(25-16(15)27-18)12(11(21)8-20)19-17(23)24-9-10-6-4-3-5-7-10/h3-7,11-16,20-22H,8-9H2,1-2H3,(H,19,23)/t11-,12-,13-,14+,15+,16+/m0/s1. The summed E-state index contributed by atoms with van der Waals surface area (Å²) in [5, 5.41) is 32.4. The Hall–Kier alpha value is -1.75. The quantitative estimate of drug-likeness (QED) is 0.535. The number of aliphatic hydroxyl groups is 3. The zero-order valence-corrected chi connectivity index (χ0v) is 15.1. The molecule has 150 valence electrons. The fraction of sp³-hybridized carbons (Fsp3) is 0.611. The molecule has 1 aromatic rings. The van der Waals surface area contributed by atoms with Gasteiger partial charge in [0.1, 0.15) is 24.9 Å². The van der Waals surface area contributed by atoms with Gasteiger partial charge in [-0.25, -0.2) is 4.79 Å². The maximum Gasteiger partial charge on any atom is 0.407 e. The van der Waals surface area contributed by atoms with Crippen LogP contribution in [0.25, 0.3) is 0 Å². The fourth-order valence-corrected chi connectivity index (χ4v) is 3.22. The van der Waals surface area contributed by atoms with E-state index in [4.69, 9.17) is 18.9 Å². The molecule has 4 N–H and O–H groups in total. The van der Waals surface area contributed by atoms with Gasteiger partial charge >= 0.3 is 6.09 Å². The Balaban J connectivity index is 1.62. The van der Waals surface area contributed by atoms with E-state index in [1.165, 1.54) is 0 Å². The van der Waals surface area contributed by atoms with Crippen molar-refractivity contribution in [2.24, 2.45) is 0 Å². The fourth-order valence-electron chi connectivity index (χ4n) is 3.22. The van der Waals surface area contributed by atoms with Crippen LogP contribution < -0.4 is 5.32 Å². The third-order valence-corrected chi connectivity index (χ3v) is 4.51. The van der Waals surface area contributed by atoms with Crippen molar-refractivity contribution in [2.45, 2.75) is 63.0 Å². The van der Waals surface area contributed by atoms with Gasteiger partial charge in [-0.15, -0.1) is 0 Å². The number of fused-ring (bicyclic) bond motifs is 1. The third-order valence-electron chi connectivity index (χ3n) is 4.51. The zero-order chi connectivity index (χ0) is 19.6. The Kier molecular flexibility index (Phi) is 5.99. The second-order valence-electron chi connectivity index (χ2n) is 7.04. The van der Waals surface area contributed by atoms with Crippen LogP contribution in [0.1, 0.15) is 19.4 Å².